The van der Waals surface area contributed by atoms with Crippen molar-refractivity contribution in [3.05, 3.63) is 35.4 Å². The molecule has 0 spiro atoms. The van der Waals surface area contributed by atoms with Crippen LogP contribution in [0.1, 0.15) is 75.5 Å². The number of benzene rings is 1. The van der Waals surface area contributed by atoms with E-state index < -0.39 is 11.6 Å². The molecule has 0 radical (unpaired) electrons. The van der Waals surface area contributed by atoms with E-state index in [4.69, 9.17) is 5.73 Å². The molecule has 156 valence electrons. The molecule has 1 fully saturated rings. The normalized spacial score (nSPS) is 21.5. The predicted octanol–water partition coefficient (Wildman–Crippen LogP) is 3.75. The van der Waals surface area contributed by atoms with Gasteiger partial charge in [-0.15, -0.1) is 12.4 Å². The molecule has 0 aromatic heterocycles. The maximum absolute atomic E-state index is 10.3. The lowest BCUT2D eigenvalue weighted by molar-refractivity contribution is 0.0618. The summed E-state index contributed by atoms with van der Waals surface area (Å²) in [5, 5.41) is 28.9. The molecule has 27 heavy (non-hydrogen) atoms. The average Bonchev–Trinajstić information content (AvgIpc) is 2.68. The maximum Gasteiger partial charge on any atom is 0.0809 e. The standard InChI is InChI=1S/C22H37NO3.ClH/c1-2-3-4-17-5-7-18(8-6-17)13-19-9-11-20(12-10-19)21(26)14-22(23,15-24)16-25;/h9-12,17-18,21,24-26H,2-8,13-16,23H2,1H3;1H. The van der Waals surface area contributed by atoms with Crippen LogP contribution in [0, 0.1) is 11.8 Å². The molecule has 0 heterocycles. The Labute approximate surface area is 170 Å². The number of rotatable bonds is 10. The number of nitrogens with two attached hydrogens (primary N) is 1. The lowest BCUT2D eigenvalue weighted by Crippen LogP contribution is -2.48. The Hall–Kier alpha value is -0.650. The zero-order valence-corrected chi connectivity index (χ0v) is 17.5. The van der Waals surface area contributed by atoms with Gasteiger partial charge < -0.3 is 21.1 Å². The van der Waals surface area contributed by atoms with Crippen LogP contribution >= 0.6 is 12.4 Å². The van der Waals surface area contributed by atoms with Gasteiger partial charge in [-0.2, -0.15) is 0 Å². The van der Waals surface area contributed by atoms with E-state index in [2.05, 4.69) is 19.1 Å². The van der Waals surface area contributed by atoms with Gasteiger partial charge in [-0.1, -0.05) is 63.3 Å². The zero-order chi connectivity index (χ0) is 19.0. The summed E-state index contributed by atoms with van der Waals surface area (Å²) in [7, 11) is 0. The second kappa shape index (κ2) is 12.0. The minimum atomic E-state index is -1.14. The van der Waals surface area contributed by atoms with Crippen LogP contribution in [0.2, 0.25) is 0 Å². The average molecular weight is 400 g/mol. The van der Waals surface area contributed by atoms with Crippen LogP contribution in [0.5, 0.6) is 0 Å². The highest BCUT2D eigenvalue weighted by atomic mass is 35.5. The number of unbranched alkanes of at least 4 members (excludes halogenated alkanes) is 1. The third kappa shape index (κ3) is 7.71. The Kier molecular flexibility index (Phi) is 10.9. The lowest BCUT2D eigenvalue weighted by Gasteiger charge is -2.29. The van der Waals surface area contributed by atoms with Gasteiger partial charge in [0.15, 0.2) is 0 Å². The van der Waals surface area contributed by atoms with E-state index in [9.17, 15) is 15.3 Å². The lowest BCUT2D eigenvalue weighted by atomic mass is 9.77. The predicted molar refractivity (Wildman–Crippen MR) is 113 cm³/mol. The molecule has 1 atom stereocenters. The van der Waals surface area contributed by atoms with E-state index in [1.54, 1.807) is 0 Å². The van der Waals surface area contributed by atoms with Gasteiger partial charge in [0.05, 0.1) is 24.9 Å². The first-order chi connectivity index (χ1) is 12.5. The third-order valence-corrected chi connectivity index (χ3v) is 6.05. The Morgan fingerprint density at radius 2 is 1.59 bits per heavy atom. The van der Waals surface area contributed by atoms with Crippen LogP contribution < -0.4 is 5.73 Å². The highest BCUT2D eigenvalue weighted by Crippen LogP contribution is 2.34. The molecule has 5 heteroatoms. The van der Waals surface area contributed by atoms with E-state index in [1.165, 1.54) is 50.5 Å². The molecule has 0 bridgehead atoms. The Morgan fingerprint density at radius 3 is 2.11 bits per heavy atom. The topological polar surface area (TPSA) is 86.7 Å². The summed E-state index contributed by atoms with van der Waals surface area (Å²) in [5.74, 6) is 1.72. The summed E-state index contributed by atoms with van der Waals surface area (Å²) >= 11 is 0. The van der Waals surface area contributed by atoms with Gasteiger partial charge in [0.1, 0.15) is 0 Å². The van der Waals surface area contributed by atoms with Crippen LogP contribution in [0.3, 0.4) is 0 Å². The zero-order valence-electron chi connectivity index (χ0n) is 16.6. The van der Waals surface area contributed by atoms with Crippen molar-refractivity contribution in [2.75, 3.05) is 13.2 Å². The summed E-state index contributed by atoms with van der Waals surface area (Å²) in [6, 6.07) is 8.08. The largest absolute Gasteiger partial charge is 0.394 e. The summed E-state index contributed by atoms with van der Waals surface area (Å²) in [5.41, 5.74) is 6.83. The van der Waals surface area contributed by atoms with Gasteiger partial charge in [0, 0.05) is 0 Å². The number of aliphatic hydroxyl groups is 3. The summed E-state index contributed by atoms with van der Waals surface area (Å²) < 4.78 is 0. The smallest absolute Gasteiger partial charge is 0.0809 e. The number of aliphatic hydroxyl groups excluding tert-OH is 3. The molecule has 4 nitrogen and oxygen atoms in total. The quantitative estimate of drug-likeness (QED) is 0.482. The summed E-state index contributed by atoms with van der Waals surface area (Å²) in [4.78, 5) is 0. The number of hydrogen-bond acceptors (Lipinski definition) is 4. The van der Waals surface area contributed by atoms with Gasteiger partial charge in [-0.05, 0) is 48.6 Å². The fraction of sp³-hybridized carbons (Fsp3) is 0.727. The van der Waals surface area contributed by atoms with Crippen molar-refractivity contribution in [2.24, 2.45) is 17.6 Å². The van der Waals surface area contributed by atoms with Crippen molar-refractivity contribution in [2.45, 2.75) is 76.4 Å². The van der Waals surface area contributed by atoms with Gasteiger partial charge in [-0.25, -0.2) is 0 Å². The van der Waals surface area contributed by atoms with E-state index in [0.29, 0.717) is 0 Å². The van der Waals surface area contributed by atoms with Gasteiger partial charge in [-0.3, -0.25) is 0 Å². The molecule has 5 N–H and O–H groups in total. The second-order valence-corrected chi connectivity index (χ2v) is 8.37. The van der Waals surface area contributed by atoms with Crippen molar-refractivity contribution >= 4 is 12.4 Å². The summed E-state index contributed by atoms with van der Waals surface area (Å²) in [6.45, 7) is 1.58. The Morgan fingerprint density at radius 1 is 1.04 bits per heavy atom. The molecule has 0 saturated heterocycles. The van der Waals surface area contributed by atoms with Crippen molar-refractivity contribution < 1.29 is 15.3 Å². The first-order valence-electron chi connectivity index (χ1n) is 10.3. The van der Waals surface area contributed by atoms with E-state index >= 15 is 0 Å². The van der Waals surface area contributed by atoms with Crippen LogP contribution in [0.4, 0.5) is 0 Å². The van der Waals surface area contributed by atoms with Crippen LogP contribution in [0.15, 0.2) is 24.3 Å². The van der Waals surface area contributed by atoms with E-state index in [0.717, 1.165) is 23.8 Å². The molecule has 1 aromatic rings. The first-order valence-corrected chi connectivity index (χ1v) is 10.3. The molecular formula is C22H38ClNO3. The Balaban J connectivity index is 0.00000364. The minimum absolute atomic E-state index is 0. The fourth-order valence-corrected chi connectivity index (χ4v) is 4.11. The highest BCUT2D eigenvalue weighted by molar-refractivity contribution is 5.85. The molecule has 0 amide bonds. The monoisotopic (exact) mass is 399 g/mol. The van der Waals surface area contributed by atoms with Gasteiger partial charge in [0.25, 0.3) is 0 Å². The van der Waals surface area contributed by atoms with E-state index in [-0.39, 0.29) is 32.0 Å². The first kappa shape index (κ1) is 24.4. The molecule has 0 aliphatic heterocycles. The second-order valence-electron chi connectivity index (χ2n) is 8.37. The van der Waals surface area contributed by atoms with Crippen molar-refractivity contribution in [1.29, 1.82) is 0 Å². The molecule has 2 rings (SSSR count). The van der Waals surface area contributed by atoms with Crippen molar-refractivity contribution in [1.82, 2.24) is 0 Å². The van der Waals surface area contributed by atoms with Gasteiger partial charge >= 0.3 is 0 Å². The van der Waals surface area contributed by atoms with Crippen LogP contribution in [-0.2, 0) is 6.42 Å². The fourth-order valence-electron chi connectivity index (χ4n) is 4.11. The van der Waals surface area contributed by atoms with Crippen LogP contribution in [0.25, 0.3) is 0 Å². The third-order valence-electron chi connectivity index (χ3n) is 6.05. The highest BCUT2D eigenvalue weighted by Gasteiger charge is 2.27. The maximum atomic E-state index is 10.3. The van der Waals surface area contributed by atoms with Crippen LogP contribution in [-0.4, -0.2) is 34.1 Å². The summed E-state index contributed by atoms with van der Waals surface area (Å²) in [6.07, 6.45) is 9.98. The van der Waals surface area contributed by atoms with Crippen molar-refractivity contribution in [3.8, 4) is 0 Å². The SMILES string of the molecule is CCCCC1CCC(Cc2ccc(C(O)CC(N)(CO)CO)cc2)CC1.Cl. The Bertz CT molecular complexity index is 511. The molecule has 1 aliphatic carbocycles. The minimum Gasteiger partial charge on any atom is -0.394 e. The van der Waals surface area contributed by atoms with E-state index in [1.807, 2.05) is 12.1 Å². The number of halogens is 1. The molecule has 1 saturated carbocycles. The van der Waals surface area contributed by atoms with Crippen molar-refractivity contribution in [3.63, 3.8) is 0 Å². The molecule has 1 aliphatic rings. The molecule has 1 aromatic carbocycles. The number of hydrogen-bond donors (Lipinski definition) is 4. The molecule has 1 unspecified atom stereocenters. The van der Waals surface area contributed by atoms with Gasteiger partial charge in [0.2, 0.25) is 0 Å². The molecular weight excluding hydrogens is 362 g/mol.